The van der Waals surface area contributed by atoms with Crippen LogP contribution in [0.2, 0.25) is 0 Å². The van der Waals surface area contributed by atoms with Crippen LogP contribution in [0.1, 0.15) is 26.7 Å². The second kappa shape index (κ2) is 3.36. The van der Waals surface area contributed by atoms with E-state index < -0.39 is 17.7 Å². The first-order valence-electron chi connectivity index (χ1n) is 5.10. The number of ether oxygens (including phenoxy) is 2. The molecule has 3 aliphatic carbocycles. The van der Waals surface area contributed by atoms with E-state index in [1.807, 2.05) is 6.08 Å². The number of carbonyl (C=O) groups excluding carboxylic acids is 2. The largest absolute Gasteiger partial charge is 0.418 e. The highest BCUT2D eigenvalue weighted by molar-refractivity contribution is 5.69. The quantitative estimate of drug-likeness (QED) is 0.393. The van der Waals surface area contributed by atoms with Crippen molar-refractivity contribution in [3.63, 3.8) is 0 Å². The first-order valence-corrected chi connectivity index (χ1v) is 5.10. The lowest BCUT2D eigenvalue weighted by Crippen LogP contribution is -2.52. The Balaban J connectivity index is 2.21. The van der Waals surface area contributed by atoms with Crippen molar-refractivity contribution in [2.24, 2.45) is 11.8 Å². The SMILES string of the molecule is CC(=O)OC1(OC(C)=O)C=CC2CC1C2. The number of carbonyl (C=O) groups is 2. The van der Waals surface area contributed by atoms with E-state index in [9.17, 15) is 9.59 Å². The average Bonchev–Trinajstić information content (AvgIpc) is 1.97. The van der Waals surface area contributed by atoms with E-state index in [0.717, 1.165) is 12.8 Å². The minimum absolute atomic E-state index is 0.125. The maximum absolute atomic E-state index is 11.0. The second-order valence-corrected chi connectivity index (χ2v) is 4.20. The first-order chi connectivity index (χ1) is 7.02. The monoisotopic (exact) mass is 210 g/mol. The van der Waals surface area contributed by atoms with E-state index in [1.54, 1.807) is 6.08 Å². The Hall–Kier alpha value is -1.32. The summed E-state index contributed by atoms with van der Waals surface area (Å²) in [6, 6.07) is 0. The van der Waals surface area contributed by atoms with Crippen LogP contribution in [-0.4, -0.2) is 17.7 Å². The molecule has 0 unspecified atom stereocenters. The molecule has 15 heavy (non-hydrogen) atoms. The van der Waals surface area contributed by atoms with Crippen LogP contribution in [0.15, 0.2) is 12.2 Å². The summed E-state index contributed by atoms with van der Waals surface area (Å²) in [6.07, 6.45) is 5.53. The van der Waals surface area contributed by atoms with E-state index >= 15 is 0 Å². The van der Waals surface area contributed by atoms with Crippen molar-refractivity contribution in [2.75, 3.05) is 0 Å². The van der Waals surface area contributed by atoms with Gasteiger partial charge in [0.2, 0.25) is 0 Å². The van der Waals surface area contributed by atoms with E-state index in [0.29, 0.717) is 5.92 Å². The zero-order valence-electron chi connectivity index (χ0n) is 8.86. The fraction of sp³-hybridized carbons (Fsp3) is 0.636. The number of hydrogen-bond acceptors (Lipinski definition) is 4. The van der Waals surface area contributed by atoms with Gasteiger partial charge in [-0.2, -0.15) is 0 Å². The van der Waals surface area contributed by atoms with E-state index in [1.165, 1.54) is 13.8 Å². The predicted molar refractivity (Wildman–Crippen MR) is 51.6 cm³/mol. The zero-order chi connectivity index (χ0) is 11.1. The lowest BCUT2D eigenvalue weighted by Gasteiger charge is -2.48. The van der Waals surface area contributed by atoms with Gasteiger partial charge in [0.15, 0.2) is 0 Å². The molecule has 0 aromatic heterocycles. The Bertz CT molecular complexity index is 309. The standard InChI is InChI=1S/C11H14O4/c1-7(12)14-11(15-8(2)13)4-3-9-5-10(11)6-9/h3-4,9-10H,5-6H2,1-2H3. The molecular weight excluding hydrogens is 196 g/mol. The number of hydrogen-bond donors (Lipinski definition) is 0. The summed E-state index contributed by atoms with van der Waals surface area (Å²) in [5.74, 6) is -1.29. The van der Waals surface area contributed by atoms with Crippen molar-refractivity contribution >= 4 is 11.9 Å². The number of rotatable bonds is 2. The summed E-state index contributed by atoms with van der Waals surface area (Å²) in [5.41, 5.74) is 0. The Kier molecular flexibility index (Phi) is 2.29. The fourth-order valence-corrected chi connectivity index (χ4v) is 2.26. The van der Waals surface area contributed by atoms with Gasteiger partial charge in [0.25, 0.3) is 5.79 Å². The summed E-state index contributed by atoms with van der Waals surface area (Å²) in [4.78, 5) is 22.0. The zero-order valence-corrected chi connectivity index (χ0v) is 8.86. The van der Waals surface area contributed by atoms with Gasteiger partial charge < -0.3 is 9.47 Å². The molecule has 3 rings (SSSR count). The van der Waals surface area contributed by atoms with E-state index in [-0.39, 0.29) is 5.92 Å². The van der Waals surface area contributed by atoms with Crippen LogP contribution >= 0.6 is 0 Å². The molecule has 0 saturated heterocycles. The molecule has 4 heteroatoms. The summed E-state index contributed by atoms with van der Waals surface area (Å²) < 4.78 is 10.3. The van der Waals surface area contributed by atoms with Gasteiger partial charge in [0.1, 0.15) is 0 Å². The molecule has 0 amide bonds. The normalized spacial score (nSPS) is 30.3. The summed E-state index contributed by atoms with van der Waals surface area (Å²) in [7, 11) is 0. The van der Waals surface area contributed by atoms with Gasteiger partial charge in [0, 0.05) is 19.8 Å². The molecule has 0 aliphatic heterocycles. The van der Waals surface area contributed by atoms with Crippen molar-refractivity contribution in [3.8, 4) is 0 Å². The minimum Gasteiger partial charge on any atom is -0.418 e. The number of esters is 2. The van der Waals surface area contributed by atoms with E-state index in [2.05, 4.69) is 0 Å². The average molecular weight is 210 g/mol. The first kappa shape index (κ1) is 10.2. The molecule has 82 valence electrons. The van der Waals surface area contributed by atoms with Crippen molar-refractivity contribution in [1.29, 1.82) is 0 Å². The van der Waals surface area contributed by atoms with Gasteiger partial charge in [-0.1, -0.05) is 6.08 Å². The van der Waals surface area contributed by atoms with Crippen LogP contribution in [-0.2, 0) is 19.1 Å². The Morgan fingerprint density at radius 3 is 2.07 bits per heavy atom. The smallest absolute Gasteiger partial charge is 0.306 e. The molecule has 3 aliphatic rings. The van der Waals surface area contributed by atoms with Crippen LogP contribution in [0.3, 0.4) is 0 Å². The molecule has 4 nitrogen and oxygen atoms in total. The number of allylic oxidation sites excluding steroid dienone is 1. The Morgan fingerprint density at radius 2 is 1.73 bits per heavy atom. The molecule has 1 fully saturated rings. The second-order valence-electron chi connectivity index (χ2n) is 4.20. The maximum atomic E-state index is 11.0. The fourth-order valence-electron chi connectivity index (χ4n) is 2.26. The van der Waals surface area contributed by atoms with Crippen LogP contribution in [0.25, 0.3) is 0 Å². The van der Waals surface area contributed by atoms with Gasteiger partial charge in [-0.05, 0) is 24.8 Å². The van der Waals surface area contributed by atoms with Gasteiger partial charge in [-0.3, -0.25) is 9.59 Å². The highest BCUT2D eigenvalue weighted by Crippen LogP contribution is 2.49. The van der Waals surface area contributed by atoms with Gasteiger partial charge in [0.05, 0.1) is 0 Å². The third-order valence-corrected chi connectivity index (χ3v) is 2.95. The van der Waals surface area contributed by atoms with Crippen LogP contribution < -0.4 is 0 Å². The number of fused-ring (bicyclic) bond motifs is 1. The van der Waals surface area contributed by atoms with Crippen LogP contribution in [0.4, 0.5) is 0 Å². The lowest BCUT2D eigenvalue weighted by atomic mass is 9.66. The highest BCUT2D eigenvalue weighted by Gasteiger charge is 2.52. The molecule has 0 aromatic carbocycles. The lowest BCUT2D eigenvalue weighted by molar-refractivity contribution is -0.240. The minimum atomic E-state index is -1.13. The molecule has 0 heterocycles. The molecule has 0 spiro atoms. The molecule has 0 aromatic rings. The van der Waals surface area contributed by atoms with Crippen molar-refractivity contribution in [1.82, 2.24) is 0 Å². The van der Waals surface area contributed by atoms with Gasteiger partial charge in [-0.25, -0.2) is 0 Å². The van der Waals surface area contributed by atoms with Crippen molar-refractivity contribution in [2.45, 2.75) is 32.5 Å². The third-order valence-electron chi connectivity index (χ3n) is 2.95. The van der Waals surface area contributed by atoms with Crippen molar-refractivity contribution < 1.29 is 19.1 Å². The topological polar surface area (TPSA) is 52.6 Å². The van der Waals surface area contributed by atoms with Gasteiger partial charge >= 0.3 is 11.9 Å². The summed E-state index contributed by atoms with van der Waals surface area (Å²) >= 11 is 0. The van der Waals surface area contributed by atoms with Crippen LogP contribution in [0.5, 0.6) is 0 Å². The third kappa shape index (κ3) is 1.76. The van der Waals surface area contributed by atoms with Crippen LogP contribution in [0, 0.1) is 11.8 Å². The Labute approximate surface area is 88.2 Å². The molecule has 0 N–H and O–H groups in total. The molecule has 1 saturated carbocycles. The molecule has 2 bridgehead atoms. The van der Waals surface area contributed by atoms with E-state index in [4.69, 9.17) is 9.47 Å². The summed E-state index contributed by atoms with van der Waals surface area (Å²) in [6.45, 7) is 2.65. The maximum Gasteiger partial charge on any atom is 0.306 e. The molecule has 0 atom stereocenters. The predicted octanol–water partition coefficient (Wildman–Crippen LogP) is 1.40. The van der Waals surface area contributed by atoms with Crippen molar-refractivity contribution in [3.05, 3.63) is 12.2 Å². The summed E-state index contributed by atoms with van der Waals surface area (Å²) in [5, 5.41) is 0. The molecule has 0 radical (unpaired) electrons. The van der Waals surface area contributed by atoms with Gasteiger partial charge in [-0.15, -0.1) is 0 Å². The molecular formula is C11H14O4. The Morgan fingerprint density at radius 1 is 1.20 bits per heavy atom. The highest BCUT2D eigenvalue weighted by atomic mass is 16.7.